The third-order valence-corrected chi connectivity index (χ3v) is 5.31. The van der Waals surface area contributed by atoms with Gasteiger partial charge in [-0.05, 0) is 57.4 Å². The number of nitrogens with zero attached hydrogens (tertiary/aromatic N) is 3. The maximum Gasteiger partial charge on any atom is 0.242 e. The predicted octanol–water partition coefficient (Wildman–Crippen LogP) is 3.19. The summed E-state index contributed by atoms with van der Waals surface area (Å²) in [6.07, 6.45) is 3.90. The van der Waals surface area contributed by atoms with Crippen molar-refractivity contribution in [3.63, 3.8) is 0 Å². The molecule has 5 heteroatoms. The summed E-state index contributed by atoms with van der Waals surface area (Å²) in [5.41, 5.74) is 4.47. The van der Waals surface area contributed by atoms with Crippen LogP contribution in [0.25, 0.3) is 0 Å². The minimum Gasteiger partial charge on any atom is -0.350 e. The first-order valence-corrected chi connectivity index (χ1v) is 9.61. The average Bonchev–Trinajstić information content (AvgIpc) is 2.93. The fraction of sp³-hybridized carbons (Fsp3) is 0.524. The van der Waals surface area contributed by atoms with E-state index >= 15 is 0 Å². The van der Waals surface area contributed by atoms with Crippen LogP contribution >= 0.6 is 0 Å². The van der Waals surface area contributed by atoms with E-state index in [0.29, 0.717) is 12.6 Å². The Bertz CT molecular complexity index is 752. The molecule has 1 aromatic carbocycles. The van der Waals surface area contributed by atoms with E-state index in [1.807, 2.05) is 26.0 Å². The molecule has 1 N–H and O–H groups in total. The molecule has 0 aliphatic carbocycles. The monoisotopic (exact) mass is 354 g/mol. The van der Waals surface area contributed by atoms with Gasteiger partial charge in [-0.2, -0.15) is 5.10 Å². The van der Waals surface area contributed by atoms with Gasteiger partial charge in [0.1, 0.15) is 6.54 Å². The average molecular weight is 354 g/mol. The van der Waals surface area contributed by atoms with Gasteiger partial charge >= 0.3 is 0 Å². The van der Waals surface area contributed by atoms with Gasteiger partial charge in [-0.3, -0.25) is 14.4 Å². The third kappa shape index (κ3) is 4.73. The number of carbonyl (C=O) groups excluding carboxylic acids is 1. The first kappa shape index (κ1) is 18.6. The number of hydrogen-bond acceptors (Lipinski definition) is 3. The van der Waals surface area contributed by atoms with E-state index < -0.39 is 0 Å². The van der Waals surface area contributed by atoms with E-state index in [2.05, 4.69) is 40.4 Å². The molecule has 1 atom stereocenters. The maximum atomic E-state index is 12.3. The Hall–Kier alpha value is -2.14. The topological polar surface area (TPSA) is 50.2 Å². The third-order valence-electron chi connectivity index (χ3n) is 5.31. The zero-order chi connectivity index (χ0) is 18.5. The van der Waals surface area contributed by atoms with E-state index in [0.717, 1.165) is 17.9 Å². The van der Waals surface area contributed by atoms with Crippen molar-refractivity contribution in [3.8, 4) is 0 Å². The van der Waals surface area contributed by atoms with Crippen LogP contribution in [-0.4, -0.2) is 33.2 Å². The number of rotatable bonds is 6. The molecule has 1 saturated heterocycles. The van der Waals surface area contributed by atoms with Gasteiger partial charge in [0, 0.05) is 24.8 Å². The molecule has 0 spiro atoms. The summed E-state index contributed by atoms with van der Waals surface area (Å²) in [4.78, 5) is 14.9. The summed E-state index contributed by atoms with van der Waals surface area (Å²) in [6, 6.07) is 11.1. The van der Waals surface area contributed by atoms with Crippen LogP contribution in [0.3, 0.4) is 0 Å². The highest BCUT2D eigenvalue weighted by atomic mass is 16.2. The number of likely N-dealkylation sites (tertiary alicyclic amines) is 1. The molecule has 1 fully saturated rings. The number of hydrogen-bond donors (Lipinski definition) is 1. The number of carbonyl (C=O) groups is 1. The van der Waals surface area contributed by atoms with Crippen molar-refractivity contribution in [1.29, 1.82) is 0 Å². The Morgan fingerprint density at radius 1 is 1.23 bits per heavy atom. The van der Waals surface area contributed by atoms with Crippen molar-refractivity contribution in [2.45, 2.75) is 65.7 Å². The van der Waals surface area contributed by atoms with Crippen molar-refractivity contribution in [1.82, 2.24) is 20.0 Å². The van der Waals surface area contributed by atoms with Gasteiger partial charge in [-0.1, -0.05) is 30.7 Å². The highest BCUT2D eigenvalue weighted by Gasteiger charge is 2.19. The van der Waals surface area contributed by atoms with Gasteiger partial charge < -0.3 is 5.32 Å². The summed E-state index contributed by atoms with van der Waals surface area (Å²) >= 11 is 0. The maximum absolute atomic E-state index is 12.3. The van der Waals surface area contributed by atoms with Crippen LogP contribution in [-0.2, 0) is 24.4 Å². The van der Waals surface area contributed by atoms with Gasteiger partial charge in [0.05, 0.1) is 5.69 Å². The lowest BCUT2D eigenvalue weighted by atomic mass is 10.0. The molecule has 1 amide bonds. The molecule has 0 unspecified atom stereocenters. The van der Waals surface area contributed by atoms with Gasteiger partial charge in [0.2, 0.25) is 5.91 Å². The molecular formula is C21H30N4O. The first-order chi connectivity index (χ1) is 12.5. The first-order valence-electron chi connectivity index (χ1n) is 9.61. The van der Waals surface area contributed by atoms with E-state index in [-0.39, 0.29) is 12.5 Å². The van der Waals surface area contributed by atoms with Crippen LogP contribution in [0.5, 0.6) is 0 Å². The number of benzene rings is 1. The Labute approximate surface area is 156 Å². The lowest BCUT2D eigenvalue weighted by Gasteiger charge is -2.33. The standard InChI is InChI=1S/C21H30N4O/c1-16-12-18(3)25(23-16)15-21(26)22-13-19-9-4-5-10-20(19)14-24-11-7-6-8-17(24)2/h4-5,9-10,12,17H,6-8,11,13-15H2,1-3H3,(H,22,26)/t17-/m0/s1. The zero-order valence-corrected chi connectivity index (χ0v) is 16.2. The molecule has 5 nitrogen and oxygen atoms in total. The largest absolute Gasteiger partial charge is 0.350 e. The van der Waals surface area contributed by atoms with Gasteiger partial charge in [0.25, 0.3) is 0 Å². The molecule has 140 valence electrons. The molecule has 26 heavy (non-hydrogen) atoms. The molecule has 0 saturated carbocycles. The Balaban J connectivity index is 1.59. The van der Waals surface area contributed by atoms with Gasteiger partial charge in [0.15, 0.2) is 0 Å². The summed E-state index contributed by atoms with van der Waals surface area (Å²) in [5, 5.41) is 7.41. The molecule has 1 aromatic heterocycles. The number of piperidine rings is 1. The Morgan fingerprint density at radius 2 is 2.00 bits per heavy atom. The molecular weight excluding hydrogens is 324 g/mol. The number of aromatic nitrogens is 2. The molecule has 3 rings (SSSR count). The van der Waals surface area contributed by atoms with Crippen LogP contribution in [0.4, 0.5) is 0 Å². The van der Waals surface area contributed by atoms with Crippen molar-refractivity contribution in [2.75, 3.05) is 6.54 Å². The second-order valence-electron chi connectivity index (χ2n) is 7.45. The Kier molecular flexibility index (Phi) is 6.09. The van der Waals surface area contributed by atoms with E-state index in [1.165, 1.54) is 36.9 Å². The minimum absolute atomic E-state index is 0.00246. The van der Waals surface area contributed by atoms with Gasteiger partial charge in [-0.15, -0.1) is 0 Å². The normalized spacial score (nSPS) is 18.0. The van der Waals surface area contributed by atoms with Crippen LogP contribution < -0.4 is 5.32 Å². The summed E-state index contributed by atoms with van der Waals surface area (Å²) in [5.74, 6) is -0.00246. The summed E-state index contributed by atoms with van der Waals surface area (Å²) in [6.45, 7) is 9.20. The van der Waals surface area contributed by atoms with Crippen molar-refractivity contribution in [3.05, 3.63) is 52.8 Å². The molecule has 0 bridgehead atoms. The highest BCUT2D eigenvalue weighted by Crippen LogP contribution is 2.20. The smallest absolute Gasteiger partial charge is 0.242 e. The van der Waals surface area contributed by atoms with Crippen molar-refractivity contribution in [2.24, 2.45) is 0 Å². The predicted molar refractivity (Wildman–Crippen MR) is 104 cm³/mol. The molecule has 1 aliphatic rings. The van der Waals surface area contributed by atoms with Crippen LogP contribution in [0, 0.1) is 13.8 Å². The highest BCUT2D eigenvalue weighted by molar-refractivity contribution is 5.75. The fourth-order valence-corrected chi connectivity index (χ4v) is 3.72. The molecule has 2 aromatic rings. The van der Waals surface area contributed by atoms with Gasteiger partial charge in [-0.25, -0.2) is 0 Å². The second kappa shape index (κ2) is 8.49. The van der Waals surface area contributed by atoms with Crippen molar-refractivity contribution < 1.29 is 4.79 Å². The fourth-order valence-electron chi connectivity index (χ4n) is 3.72. The summed E-state index contributed by atoms with van der Waals surface area (Å²) in [7, 11) is 0. The lowest BCUT2D eigenvalue weighted by molar-refractivity contribution is -0.122. The number of amides is 1. The summed E-state index contributed by atoms with van der Waals surface area (Å²) < 4.78 is 1.76. The van der Waals surface area contributed by atoms with Crippen LogP contribution in [0.15, 0.2) is 30.3 Å². The number of nitrogens with one attached hydrogen (secondary N) is 1. The second-order valence-corrected chi connectivity index (χ2v) is 7.45. The quantitative estimate of drug-likeness (QED) is 0.867. The van der Waals surface area contributed by atoms with E-state index in [1.54, 1.807) is 4.68 Å². The molecule has 2 heterocycles. The Morgan fingerprint density at radius 3 is 2.69 bits per heavy atom. The zero-order valence-electron chi connectivity index (χ0n) is 16.2. The molecule has 1 aliphatic heterocycles. The van der Waals surface area contributed by atoms with E-state index in [9.17, 15) is 4.79 Å². The minimum atomic E-state index is -0.00246. The SMILES string of the molecule is Cc1cc(C)n(CC(=O)NCc2ccccc2CN2CCCC[C@@H]2C)n1. The van der Waals surface area contributed by atoms with Crippen molar-refractivity contribution >= 4 is 5.91 Å². The van der Waals surface area contributed by atoms with Crippen LogP contribution in [0.2, 0.25) is 0 Å². The molecule has 0 radical (unpaired) electrons. The van der Waals surface area contributed by atoms with E-state index in [4.69, 9.17) is 0 Å². The van der Waals surface area contributed by atoms with Crippen LogP contribution in [0.1, 0.15) is 48.7 Å². The lowest BCUT2D eigenvalue weighted by Crippen LogP contribution is -2.37. The number of aryl methyl sites for hydroxylation is 2.